The van der Waals surface area contributed by atoms with Gasteiger partial charge in [-0.3, -0.25) is 4.40 Å². The highest BCUT2D eigenvalue weighted by atomic mass is 35.5. The Kier molecular flexibility index (Phi) is 4.03. The molecule has 0 spiro atoms. The van der Waals surface area contributed by atoms with Gasteiger partial charge in [0.15, 0.2) is 0 Å². The molecular weight excluding hydrogens is 303 g/mol. The number of hydrogen-bond acceptors (Lipinski definition) is 2. The third-order valence-electron chi connectivity index (χ3n) is 3.31. The first-order valence-electron chi connectivity index (χ1n) is 7.08. The normalized spacial score (nSPS) is 11.3. The van der Waals surface area contributed by atoms with E-state index in [1.165, 1.54) is 12.3 Å². The van der Waals surface area contributed by atoms with Crippen LogP contribution in [-0.2, 0) is 5.88 Å². The molecule has 0 aliphatic rings. The summed E-state index contributed by atoms with van der Waals surface area (Å²) in [5, 5.41) is 0. The Morgan fingerprint density at radius 3 is 2.55 bits per heavy atom. The number of pyridine rings is 1. The number of aromatic nitrogens is 2. The first kappa shape index (κ1) is 14.9. The third kappa shape index (κ3) is 2.79. The van der Waals surface area contributed by atoms with Crippen molar-refractivity contribution < 1.29 is 9.13 Å². The maximum atomic E-state index is 13.4. The lowest BCUT2D eigenvalue weighted by Gasteiger charge is -2.09. The van der Waals surface area contributed by atoms with E-state index >= 15 is 0 Å². The SMILES string of the molecule is CC(C)Oc1ccc(-c2nc3ccc(F)cn3c2CCl)cc1. The molecule has 0 saturated heterocycles. The molecule has 5 heteroatoms. The molecule has 0 radical (unpaired) electrons. The van der Waals surface area contributed by atoms with Crippen LogP contribution in [-0.4, -0.2) is 15.5 Å². The van der Waals surface area contributed by atoms with Crippen LogP contribution >= 0.6 is 11.6 Å². The average molecular weight is 319 g/mol. The molecule has 0 unspecified atom stereocenters. The number of alkyl halides is 1. The molecule has 0 fully saturated rings. The van der Waals surface area contributed by atoms with Gasteiger partial charge in [0.05, 0.1) is 23.4 Å². The summed E-state index contributed by atoms with van der Waals surface area (Å²) < 4.78 is 20.8. The molecule has 22 heavy (non-hydrogen) atoms. The van der Waals surface area contributed by atoms with Crippen LogP contribution in [0, 0.1) is 5.82 Å². The van der Waals surface area contributed by atoms with Crippen LogP contribution in [0.3, 0.4) is 0 Å². The van der Waals surface area contributed by atoms with Crippen LogP contribution in [0.1, 0.15) is 19.5 Å². The van der Waals surface area contributed by atoms with Crippen molar-refractivity contribution in [2.45, 2.75) is 25.8 Å². The second-order valence-electron chi connectivity index (χ2n) is 5.31. The summed E-state index contributed by atoms with van der Waals surface area (Å²) >= 11 is 6.05. The highest BCUT2D eigenvalue weighted by Gasteiger charge is 2.14. The van der Waals surface area contributed by atoms with E-state index < -0.39 is 0 Å². The molecule has 0 bridgehead atoms. The quantitative estimate of drug-likeness (QED) is 0.654. The van der Waals surface area contributed by atoms with Crippen molar-refractivity contribution >= 4 is 17.2 Å². The van der Waals surface area contributed by atoms with Crippen molar-refractivity contribution in [2.24, 2.45) is 0 Å². The number of hydrogen-bond donors (Lipinski definition) is 0. The second kappa shape index (κ2) is 5.97. The van der Waals surface area contributed by atoms with E-state index in [9.17, 15) is 4.39 Å². The minimum Gasteiger partial charge on any atom is -0.491 e. The van der Waals surface area contributed by atoms with Crippen molar-refractivity contribution in [3.8, 4) is 17.0 Å². The monoisotopic (exact) mass is 318 g/mol. The first-order valence-corrected chi connectivity index (χ1v) is 7.61. The Balaban J connectivity index is 2.05. The lowest BCUT2D eigenvalue weighted by atomic mass is 10.1. The first-order chi connectivity index (χ1) is 10.6. The maximum Gasteiger partial charge on any atom is 0.139 e. The van der Waals surface area contributed by atoms with Crippen molar-refractivity contribution in [2.75, 3.05) is 0 Å². The van der Waals surface area contributed by atoms with E-state index in [4.69, 9.17) is 16.3 Å². The molecule has 3 nitrogen and oxygen atoms in total. The van der Waals surface area contributed by atoms with Crippen LogP contribution in [0.4, 0.5) is 4.39 Å². The standard InChI is InChI=1S/C17H16ClFN2O/c1-11(2)22-14-6-3-12(4-7-14)17-15(9-18)21-10-13(19)5-8-16(21)20-17/h3-8,10-11H,9H2,1-2H3. The minimum absolute atomic E-state index is 0.127. The van der Waals surface area contributed by atoms with E-state index in [0.717, 1.165) is 22.7 Å². The molecule has 0 aliphatic heterocycles. The van der Waals surface area contributed by atoms with E-state index in [0.29, 0.717) is 5.65 Å². The number of fused-ring (bicyclic) bond motifs is 1. The van der Waals surface area contributed by atoms with Gasteiger partial charge in [0.2, 0.25) is 0 Å². The highest BCUT2D eigenvalue weighted by Crippen LogP contribution is 2.28. The van der Waals surface area contributed by atoms with E-state index in [-0.39, 0.29) is 17.8 Å². The van der Waals surface area contributed by atoms with Gasteiger partial charge in [-0.05, 0) is 50.2 Å². The molecule has 2 aromatic heterocycles. The molecule has 3 rings (SSSR count). The zero-order valence-electron chi connectivity index (χ0n) is 12.4. The molecule has 114 valence electrons. The van der Waals surface area contributed by atoms with Gasteiger partial charge in [0.25, 0.3) is 0 Å². The van der Waals surface area contributed by atoms with Gasteiger partial charge in [0, 0.05) is 11.8 Å². The maximum absolute atomic E-state index is 13.4. The fourth-order valence-corrected chi connectivity index (χ4v) is 2.65. The molecule has 2 heterocycles. The summed E-state index contributed by atoms with van der Waals surface area (Å²) in [6, 6.07) is 10.7. The Bertz CT molecular complexity index is 796. The van der Waals surface area contributed by atoms with Crippen LogP contribution in [0.15, 0.2) is 42.6 Å². The van der Waals surface area contributed by atoms with E-state index in [2.05, 4.69) is 4.98 Å². The lowest BCUT2D eigenvalue weighted by molar-refractivity contribution is 0.242. The number of ether oxygens (including phenoxy) is 1. The van der Waals surface area contributed by atoms with Crippen LogP contribution < -0.4 is 4.74 Å². The predicted molar refractivity (Wildman–Crippen MR) is 85.9 cm³/mol. The Morgan fingerprint density at radius 2 is 1.91 bits per heavy atom. The molecular formula is C17H16ClFN2O. The second-order valence-corrected chi connectivity index (χ2v) is 5.57. The van der Waals surface area contributed by atoms with Crippen LogP contribution in [0.5, 0.6) is 5.75 Å². The van der Waals surface area contributed by atoms with Gasteiger partial charge in [-0.15, -0.1) is 11.6 Å². The van der Waals surface area contributed by atoms with E-state index in [1.54, 1.807) is 10.5 Å². The van der Waals surface area contributed by atoms with Gasteiger partial charge in [0.1, 0.15) is 17.2 Å². The van der Waals surface area contributed by atoms with Crippen LogP contribution in [0.25, 0.3) is 16.9 Å². The summed E-state index contributed by atoms with van der Waals surface area (Å²) in [4.78, 5) is 4.56. The summed E-state index contributed by atoms with van der Waals surface area (Å²) in [5.41, 5.74) is 3.14. The zero-order chi connectivity index (χ0) is 15.7. The van der Waals surface area contributed by atoms with Gasteiger partial charge < -0.3 is 4.74 Å². The zero-order valence-corrected chi connectivity index (χ0v) is 13.1. The number of benzene rings is 1. The number of imidazole rings is 1. The van der Waals surface area contributed by atoms with E-state index in [1.807, 2.05) is 38.1 Å². The number of halogens is 2. The van der Waals surface area contributed by atoms with Crippen molar-refractivity contribution in [3.05, 3.63) is 54.1 Å². The fourth-order valence-electron chi connectivity index (χ4n) is 2.39. The summed E-state index contributed by atoms with van der Waals surface area (Å²) in [7, 11) is 0. The van der Waals surface area contributed by atoms with Crippen molar-refractivity contribution in [1.82, 2.24) is 9.38 Å². The Hall–Kier alpha value is -2.07. The topological polar surface area (TPSA) is 26.5 Å². The molecule has 0 saturated carbocycles. The van der Waals surface area contributed by atoms with Crippen molar-refractivity contribution in [3.63, 3.8) is 0 Å². The predicted octanol–water partition coefficient (Wildman–Crippen LogP) is 4.67. The van der Waals surface area contributed by atoms with Crippen LogP contribution in [0.2, 0.25) is 0 Å². The van der Waals surface area contributed by atoms with Gasteiger partial charge in [-0.2, -0.15) is 0 Å². The average Bonchev–Trinajstić information content (AvgIpc) is 2.85. The molecule has 0 aliphatic carbocycles. The number of nitrogens with zero attached hydrogens (tertiary/aromatic N) is 2. The molecule has 0 amide bonds. The minimum atomic E-state index is -0.316. The van der Waals surface area contributed by atoms with Gasteiger partial charge in [-0.25, -0.2) is 9.37 Å². The molecule has 0 atom stereocenters. The Morgan fingerprint density at radius 1 is 1.18 bits per heavy atom. The van der Waals surface area contributed by atoms with Crippen molar-refractivity contribution in [1.29, 1.82) is 0 Å². The summed E-state index contributed by atoms with van der Waals surface area (Å²) in [6.07, 6.45) is 1.53. The third-order valence-corrected chi connectivity index (χ3v) is 3.56. The number of rotatable bonds is 4. The molecule has 1 aromatic carbocycles. The van der Waals surface area contributed by atoms with Gasteiger partial charge in [-0.1, -0.05) is 0 Å². The highest BCUT2D eigenvalue weighted by molar-refractivity contribution is 6.17. The molecule has 3 aromatic rings. The smallest absolute Gasteiger partial charge is 0.139 e. The molecule has 0 N–H and O–H groups in total. The largest absolute Gasteiger partial charge is 0.491 e. The summed E-state index contributed by atoms with van der Waals surface area (Å²) in [6.45, 7) is 3.96. The lowest BCUT2D eigenvalue weighted by Crippen LogP contribution is -2.05. The fraction of sp³-hybridized carbons (Fsp3) is 0.235. The van der Waals surface area contributed by atoms with Gasteiger partial charge >= 0.3 is 0 Å². The summed E-state index contributed by atoms with van der Waals surface area (Å²) in [5.74, 6) is 0.744. The Labute approximate surface area is 133 Å².